The van der Waals surface area contributed by atoms with Gasteiger partial charge in [0.05, 0.1) is 5.41 Å². The van der Waals surface area contributed by atoms with Gasteiger partial charge in [-0.2, -0.15) is 0 Å². The molecule has 0 unspecified atom stereocenters. The Morgan fingerprint density at radius 1 is 0.333 bits per heavy atom. The van der Waals surface area contributed by atoms with E-state index >= 15 is 0 Å². The molecule has 1 aliphatic carbocycles. The second-order valence-electron chi connectivity index (χ2n) is 13.5. The third-order valence-corrected chi connectivity index (χ3v) is 15.9. The van der Waals surface area contributed by atoms with Gasteiger partial charge in [-0.25, -0.2) is 0 Å². The van der Waals surface area contributed by atoms with Gasteiger partial charge in [-0.1, -0.05) is 200 Å². The highest BCUT2D eigenvalue weighted by atomic mass is 28.3. The number of para-hydroxylation sites is 2. The number of hydrogen-bond acceptors (Lipinski definition) is 1. The molecule has 8 aromatic carbocycles. The smallest absolute Gasteiger partial charge is 0.179 e. The van der Waals surface area contributed by atoms with Crippen LogP contribution in [0.2, 0.25) is 0 Å². The first-order valence-corrected chi connectivity index (χ1v) is 19.7. The zero-order valence-corrected chi connectivity index (χ0v) is 29.0. The molecule has 10 rings (SSSR count). The molecule has 1 aliphatic rings. The Morgan fingerprint density at radius 3 is 1.33 bits per heavy atom. The van der Waals surface area contributed by atoms with Crippen LogP contribution in [0.4, 0.5) is 0 Å². The van der Waals surface area contributed by atoms with E-state index in [2.05, 4.69) is 206 Å². The Hall–Kier alpha value is -6.22. The monoisotopic (exact) mass is 666 g/mol. The van der Waals surface area contributed by atoms with Crippen LogP contribution in [0.5, 0.6) is 0 Å². The molecule has 0 amide bonds. The van der Waals surface area contributed by atoms with Crippen LogP contribution >= 0.6 is 0 Å². The third kappa shape index (κ3) is 4.21. The average molecular weight is 667 g/mol. The van der Waals surface area contributed by atoms with Crippen molar-refractivity contribution in [1.29, 1.82) is 0 Å². The lowest BCUT2D eigenvalue weighted by Crippen LogP contribution is -2.74. The van der Waals surface area contributed by atoms with Gasteiger partial charge in [0, 0.05) is 16.3 Å². The fraction of sp³-hybridized carbons (Fsp3) is 0.0204. The van der Waals surface area contributed by atoms with E-state index in [1.165, 1.54) is 54.1 Å². The summed E-state index contributed by atoms with van der Waals surface area (Å²) in [6, 6.07) is 76.1. The molecule has 0 aliphatic heterocycles. The maximum atomic E-state index is 6.83. The fourth-order valence-corrected chi connectivity index (χ4v) is 13.8. The van der Waals surface area contributed by atoms with Gasteiger partial charge in [0.25, 0.3) is 0 Å². The molecule has 0 spiro atoms. The van der Waals surface area contributed by atoms with Crippen molar-refractivity contribution in [1.82, 2.24) is 0 Å². The molecular weight excluding hydrogens is 633 g/mol. The highest BCUT2D eigenvalue weighted by Gasteiger charge is 2.48. The van der Waals surface area contributed by atoms with Crippen molar-refractivity contribution in [2.45, 2.75) is 5.41 Å². The molecule has 0 saturated heterocycles. The van der Waals surface area contributed by atoms with Crippen molar-refractivity contribution >= 4 is 50.8 Å². The van der Waals surface area contributed by atoms with Crippen LogP contribution in [0, 0.1) is 0 Å². The average Bonchev–Trinajstić information content (AvgIpc) is 3.74. The maximum Gasteiger partial charge on any atom is 0.179 e. The zero-order valence-electron chi connectivity index (χ0n) is 28.0. The van der Waals surface area contributed by atoms with Crippen LogP contribution in [0.15, 0.2) is 211 Å². The van der Waals surface area contributed by atoms with Crippen LogP contribution in [-0.4, -0.2) is 8.07 Å². The number of furan rings is 1. The fourth-order valence-electron chi connectivity index (χ4n) is 9.07. The van der Waals surface area contributed by atoms with Crippen molar-refractivity contribution in [2.75, 3.05) is 0 Å². The van der Waals surface area contributed by atoms with E-state index in [0.29, 0.717) is 0 Å². The maximum absolute atomic E-state index is 6.83. The molecule has 9 aromatic rings. The van der Waals surface area contributed by atoms with Crippen LogP contribution in [0.1, 0.15) is 22.3 Å². The van der Waals surface area contributed by atoms with Gasteiger partial charge < -0.3 is 4.42 Å². The van der Waals surface area contributed by atoms with E-state index in [1.54, 1.807) is 0 Å². The normalized spacial score (nSPS) is 13.3. The van der Waals surface area contributed by atoms with Gasteiger partial charge in [0.15, 0.2) is 8.07 Å². The first-order valence-electron chi connectivity index (χ1n) is 17.7. The standard InChI is InChI=1S/C49H34OSi/c1-4-17-36(18-5-1)51(37-19-6-2-7-20-37,38-21-8-3-9-22-38)39-33-31-35(32-34-39)49(44-27-13-10-23-40(44)41-24-11-14-28-45(41)49)46-29-16-26-43-42-25-12-15-30-47(42)50-48(43)46/h1-34H. The Labute approximate surface area is 299 Å². The van der Waals surface area contributed by atoms with Crippen molar-refractivity contribution in [2.24, 2.45) is 0 Å². The predicted molar refractivity (Wildman–Crippen MR) is 215 cm³/mol. The van der Waals surface area contributed by atoms with E-state index < -0.39 is 13.5 Å². The summed E-state index contributed by atoms with van der Waals surface area (Å²) in [5.41, 5.74) is 8.76. The van der Waals surface area contributed by atoms with E-state index in [-0.39, 0.29) is 0 Å². The van der Waals surface area contributed by atoms with E-state index in [4.69, 9.17) is 4.42 Å². The lowest BCUT2D eigenvalue weighted by atomic mass is 9.67. The first kappa shape index (κ1) is 29.7. The Kier molecular flexibility index (Phi) is 6.80. The SMILES string of the molecule is c1ccc([Si](c2ccccc2)(c2ccccc2)c2ccc(C3(c4cccc5c4oc4ccccc45)c4ccccc4-c4ccccc43)cc2)cc1. The van der Waals surface area contributed by atoms with Gasteiger partial charge in [-0.05, 0) is 54.6 Å². The molecule has 1 aromatic heterocycles. The Balaban J connectivity index is 1.29. The van der Waals surface area contributed by atoms with Gasteiger partial charge in [0.1, 0.15) is 11.2 Å². The molecule has 0 N–H and O–H groups in total. The lowest BCUT2D eigenvalue weighted by molar-refractivity contribution is 0.648. The minimum absolute atomic E-state index is 0.588. The Morgan fingerprint density at radius 2 is 0.765 bits per heavy atom. The van der Waals surface area contributed by atoms with Crippen LogP contribution in [0.3, 0.4) is 0 Å². The zero-order chi connectivity index (χ0) is 33.8. The molecule has 51 heavy (non-hydrogen) atoms. The second-order valence-corrected chi connectivity index (χ2v) is 17.4. The number of hydrogen-bond donors (Lipinski definition) is 0. The minimum atomic E-state index is -2.69. The molecule has 1 nitrogen and oxygen atoms in total. The highest BCUT2D eigenvalue weighted by molar-refractivity contribution is 7.19. The summed E-state index contributed by atoms with van der Waals surface area (Å²) in [5, 5.41) is 7.75. The van der Waals surface area contributed by atoms with E-state index in [0.717, 1.165) is 21.9 Å². The molecule has 1 heterocycles. The molecule has 0 radical (unpaired) electrons. The minimum Gasteiger partial charge on any atom is -0.456 e. The van der Waals surface area contributed by atoms with Crippen molar-refractivity contribution in [3.8, 4) is 11.1 Å². The van der Waals surface area contributed by atoms with Crippen molar-refractivity contribution in [3.05, 3.63) is 229 Å². The van der Waals surface area contributed by atoms with E-state index in [1.807, 2.05) is 0 Å². The molecule has 0 saturated carbocycles. The summed E-state index contributed by atoms with van der Waals surface area (Å²) >= 11 is 0. The largest absolute Gasteiger partial charge is 0.456 e. The van der Waals surface area contributed by atoms with Crippen LogP contribution in [0.25, 0.3) is 33.1 Å². The van der Waals surface area contributed by atoms with Gasteiger partial charge in [-0.15, -0.1) is 0 Å². The summed E-state index contributed by atoms with van der Waals surface area (Å²) in [6.07, 6.45) is 0. The summed E-state index contributed by atoms with van der Waals surface area (Å²) in [5.74, 6) is 0. The molecule has 0 bridgehead atoms. The van der Waals surface area contributed by atoms with E-state index in [9.17, 15) is 0 Å². The lowest BCUT2D eigenvalue weighted by Gasteiger charge is -2.36. The highest BCUT2D eigenvalue weighted by Crippen LogP contribution is 2.57. The second kappa shape index (κ2) is 11.7. The van der Waals surface area contributed by atoms with Crippen LogP contribution in [-0.2, 0) is 5.41 Å². The van der Waals surface area contributed by atoms with Crippen molar-refractivity contribution in [3.63, 3.8) is 0 Å². The molecular formula is C49H34OSi. The molecule has 240 valence electrons. The molecule has 2 heteroatoms. The Bertz CT molecular complexity index is 2530. The summed E-state index contributed by atoms with van der Waals surface area (Å²) in [4.78, 5) is 0. The van der Waals surface area contributed by atoms with Crippen molar-refractivity contribution < 1.29 is 4.42 Å². The van der Waals surface area contributed by atoms with Gasteiger partial charge in [0.2, 0.25) is 0 Å². The third-order valence-electron chi connectivity index (χ3n) is 11.1. The quantitative estimate of drug-likeness (QED) is 0.127. The number of fused-ring (bicyclic) bond motifs is 6. The van der Waals surface area contributed by atoms with Gasteiger partial charge in [-0.3, -0.25) is 0 Å². The molecule has 0 atom stereocenters. The predicted octanol–water partition coefficient (Wildman–Crippen LogP) is 9.33. The first-order chi connectivity index (χ1) is 25.3. The molecule has 0 fully saturated rings. The number of benzene rings is 8. The number of rotatable bonds is 6. The van der Waals surface area contributed by atoms with Gasteiger partial charge >= 0.3 is 0 Å². The summed E-state index contributed by atoms with van der Waals surface area (Å²) < 4.78 is 6.83. The van der Waals surface area contributed by atoms with Crippen LogP contribution < -0.4 is 20.7 Å². The topological polar surface area (TPSA) is 13.1 Å². The summed E-state index contributed by atoms with van der Waals surface area (Å²) in [7, 11) is -2.69. The summed E-state index contributed by atoms with van der Waals surface area (Å²) in [6.45, 7) is 0.